The Balaban J connectivity index is 2.40. The molecule has 27 heavy (non-hydrogen) atoms. The molecule has 0 spiro atoms. The molecular weight excluding hydrogens is 366 g/mol. The van der Waals surface area contributed by atoms with Crippen molar-refractivity contribution in [1.82, 2.24) is 14.9 Å². The molecule has 0 bridgehead atoms. The van der Waals surface area contributed by atoms with Gasteiger partial charge in [-0.3, -0.25) is 14.2 Å². The number of amides is 1. The first kappa shape index (κ1) is 21.0. The largest absolute Gasteiger partial charge is 0.480 e. The summed E-state index contributed by atoms with van der Waals surface area (Å²) in [5, 5.41) is 12.5. The van der Waals surface area contributed by atoms with Crippen molar-refractivity contribution in [3.63, 3.8) is 0 Å². The second kappa shape index (κ2) is 9.55. The topological polar surface area (TPSA) is 101 Å². The number of hydrogen-bond donors (Lipinski definition) is 2. The quantitative estimate of drug-likeness (QED) is 0.680. The molecule has 0 fully saturated rings. The number of rotatable bonds is 9. The minimum atomic E-state index is -1.08. The van der Waals surface area contributed by atoms with E-state index >= 15 is 0 Å². The molecule has 3 atom stereocenters. The average molecular weight is 391 g/mol. The van der Waals surface area contributed by atoms with Gasteiger partial charge in [0.25, 0.3) is 5.56 Å². The van der Waals surface area contributed by atoms with E-state index in [-0.39, 0.29) is 11.5 Å². The van der Waals surface area contributed by atoms with E-state index in [1.165, 1.54) is 10.9 Å². The Hall–Kier alpha value is -2.35. The first-order valence-electron chi connectivity index (χ1n) is 8.88. The smallest absolute Gasteiger partial charge is 0.326 e. The molecule has 146 valence electrons. The third-order valence-electron chi connectivity index (χ3n) is 4.70. The number of aliphatic carboxylic acids is 1. The molecule has 2 N–H and O–H groups in total. The molecule has 0 aliphatic carbocycles. The number of para-hydroxylation sites is 1. The van der Waals surface area contributed by atoms with Crippen LogP contribution in [0.3, 0.4) is 0 Å². The van der Waals surface area contributed by atoms with Crippen LogP contribution in [0.4, 0.5) is 0 Å². The Morgan fingerprint density at radius 3 is 2.67 bits per heavy atom. The van der Waals surface area contributed by atoms with Gasteiger partial charge in [-0.05, 0) is 36.5 Å². The van der Waals surface area contributed by atoms with Crippen molar-refractivity contribution in [2.75, 3.05) is 12.0 Å². The van der Waals surface area contributed by atoms with Gasteiger partial charge in [0.2, 0.25) is 5.91 Å². The van der Waals surface area contributed by atoms with E-state index in [9.17, 15) is 19.5 Å². The van der Waals surface area contributed by atoms with Crippen LogP contribution in [0.5, 0.6) is 0 Å². The molecule has 0 aliphatic heterocycles. The van der Waals surface area contributed by atoms with Crippen LogP contribution in [0.2, 0.25) is 0 Å². The van der Waals surface area contributed by atoms with Gasteiger partial charge in [-0.15, -0.1) is 0 Å². The van der Waals surface area contributed by atoms with Crippen molar-refractivity contribution < 1.29 is 14.7 Å². The second-order valence-corrected chi connectivity index (χ2v) is 7.47. The van der Waals surface area contributed by atoms with Gasteiger partial charge < -0.3 is 10.4 Å². The van der Waals surface area contributed by atoms with Crippen LogP contribution in [0.25, 0.3) is 10.9 Å². The molecule has 7 nitrogen and oxygen atoms in total. The molecule has 1 amide bonds. The van der Waals surface area contributed by atoms with Gasteiger partial charge in [0, 0.05) is 0 Å². The lowest BCUT2D eigenvalue weighted by Gasteiger charge is -2.24. The van der Waals surface area contributed by atoms with E-state index in [0.717, 1.165) is 0 Å². The van der Waals surface area contributed by atoms with Crippen molar-refractivity contribution in [2.24, 2.45) is 5.92 Å². The van der Waals surface area contributed by atoms with Crippen LogP contribution < -0.4 is 10.9 Å². The number of fused-ring (bicyclic) bond motifs is 1. The lowest BCUT2D eigenvalue weighted by atomic mass is 9.98. The van der Waals surface area contributed by atoms with Gasteiger partial charge in [-0.25, -0.2) is 9.78 Å². The number of carbonyl (C=O) groups excluding carboxylic acids is 1. The highest BCUT2D eigenvalue weighted by Crippen LogP contribution is 2.17. The van der Waals surface area contributed by atoms with Crippen LogP contribution in [-0.2, 0) is 9.59 Å². The summed E-state index contributed by atoms with van der Waals surface area (Å²) < 4.78 is 1.31. The van der Waals surface area contributed by atoms with Gasteiger partial charge in [0.05, 0.1) is 17.2 Å². The van der Waals surface area contributed by atoms with Crippen molar-refractivity contribution in [3.8, 4) is 0 Å². The summed E-state index contributed by atoms with van der Waals surface area (Å²) in [5.41, 5.74) is 0.253. The Morgan fingerprint density at radius 1 is 1.33 bits per heavy atom. The third-order valence-corrected chi connectivity index (χ3v) is 5.34. The summed E-state index contributed by atoms with van der Waals surface area (Å²) >= 11 is 1.56. The van der Waals surface area contributed by atoms with Gasteiger partial charge in [-0.1, -0.05) is 32.4 Å². The van der Waals surface area contributed by atoms with Crippen LogP contribution in [0.1, 0.15) is 32.7 Å². The van der Waals surface area contributed by atoms with E-state index in [4.69, 9.17) is 0 Å². The molecule has 0 unspecified atom stereocenters. The first-order chi connectivity index (χ1) is 12.9. The number of aromatic nitrogens is 2. The normalized spacial score (nSPS) is 14.5. The minimum Gasteiger partial charge on any atom is -0.480 e. The summed E-state index contributed by atoms with van der Waals surface area (Å²) in [7, 11) is 0. The highest BCUT2D eigenvalue weighted by molar-refractivity contribution is 7.98. The summed E-state index contributed by atoms with van der Waals surface area (Å²) in [5.74, 6) is -1.13. The summed E-state index contributed by atoms with van der Waals surface area (Å²) in [6.07, 6.45) is 4.30. The van der Waals surface area contributed by atoms with Gasteiger partial charge >= 0.3 is 5.97 Å². The predicted octanol–water partition coefficient (Wildman–Crippen LogP) is 2.31. The summed E-state index contributed by atoms with van der Waals surface area (Å²) in [6.45, 7) is 3.65. The molecule has 2 aromatic rings. The highest BCUT2D eigenvalue weighted by atomic mass is 32.2. The zero-order chi connectivity index (χ0) is 20.0. The number of carboxylic acids is 1. The Bertz CT molecular complexity index is 867. The summed E-state index contributed by atoms with van der Waals surface area (Å²) in [4.78, 5) is 41.6. The molecule has 1 aromatic carbocycles. The zero-order valence-electron chi connectivity index (χ0n) is 15.7. The number of carbonyl (C=O) groups is 2. The molecule has 2 rings (SSSR count). The van der Waals surface area contributed by atoms with Crippen LogP contribution in [0.15, 0.2) is 35.4 Å². The van der Waals surface area contributed by atoms with E-state index in [1.54, 1.807) is 43.0 Å². The van der Waals surface area contributed by atoms with Crippen molar-refractivity contribution in [2.45, 2.75) is 38.8 Å². The third kappa shape index (κ3) is 4.88. The molecule has 0 saturated heterocycles. The van der Waals surface area contributed by atoms with Crippen LogP contribution in [-0.4, -0.2) is 44.6 Å². The standard InChI is InChI=1S/C19H25N3O4S/c1-4-12(2)16(19(25)26)21-17(23)15(9-10-27-3)22-11-20-14-8-6-5-7-13(14)18(22)24/h5-8,11-12,15-16H,4,9-10H2,1-3H3,(H,21,23)(H,25,26)/t12-,15+,16+/m1/s1. The number of hydrogen-bond acceptors (Lipinski definition) is 5. The lowest BCUT2D eigenvalue weighted by Crippen LogP contribution is -2.48. The minimum absolute atomic E-state index is 0.223. The number of benzene rings is 1. The molecular formula is C19H25N3O4S. The molecule has 8 heteroatoms. The lowest BCUT2D eigenvalue weighted by molar-refractivity contribution is -0.143. The summed E-state index contributed by atoms with van der Waals surface area (Å²) in [6, 6.07) is 5.14. The van der Waals surface area contributed by atoms with E-state index in [1.807, 2.05) is 13.2 Å². The van der Waals surface area contributed by atoms with E-state index in [2.05, 4.69) is 10.3 Å². The number of nitrogens with zero attached hydrogens (tertiary/aromatic N) is 2. The highest BCUT2D eigenvalue weighted by Gasteiger charge is 2.30. The van der Waals surface area contributed by atoms with Crippen LogP contribution in [0, 0.1) is 5.92 Å². The monoisotopic (exact) mass is 391 g/mol. The molecule has 1 heterocycles. The maximum atomic E-state index is 12.9. The Labute approximate surface area is 162 Å². The van der Waals surface area contributed by atoms with Gasteiger partial charge in [-0.2, -0.15) is 11.8 Å². The maximum absolute atomic E-state index is 12.9. The fourth-order valence-corrected chi connectivity index (χ4v) is 3.32. The fourth-order valence-electron chi connectivity index (χ4n) is 2.86. The number of nitrogens with one attached hydrogen (secondary N) is 1. The van der Waals surface area contributed by atoms with Crippen molar-refractivity contribution >= 4 is 34.5 Å². The Kier molecular flexibility index (Phi) is 7.41. The van der Waals surface area contributed by atoms with E-state index in [0.29, 0.717) is 29.5 Å². The van der Waals surface area contributed by atoms with Gasteiger partial charge in [0.1, 0.15) is 12.1 Å². The second-order valence-electron chi connectivity index (χ2n) is 6.48. The first-order valence-corrected chi connectivity index (χ1v) is 10.3. The molecule has 0 saturated carbocycles. The zero-order valence-corrected chi connectivity index (χ0v) is 16.5. The average Bonchev–Trinajstić information content (AvgIpc) is 2.67. The van der Waals surface area contributed by atoms with Crippen molar-refractivity contribution in [1.29, 1.82) is 0 Å². The Morgan fingerprint density at radius 2 is 2.04 bits per heavy atom. The van der Waals surface area contributed by atoms with Gasteiger partial charge in [0.15, 0.2) is 0 Å². The van der Waals surface area contributed by atoms with E-state index < -0.39 is 24.0 Å². The number of carboxylic acid groups (broad SMARTS) is 1. The molecule has 0 radical (unpaired) electrons. The fraction of sp³-hybridized carbons (Fsp3) is 0.474. The van der Waals surface area contributed by atoms with Crippen LogP contribution >= 0.6 is 11.8 Å². The molecule has 0 aliphatic rings. The number of thioether (sulfide) groups is 1. The molecule has 1 aromatic heterocycles. The maximum Gasteiger partial charge on any atom is 0.326 e. The SMILES string of the molecule is CC[C@@H](C)[C@H](NC(=O)[C@H](CCSC)n1cnc2ccccc2c1=O)C(=O)O. The predicted molar refractivity (Wildman–Crippen MR) is 107 cm³/mol. The van der Waals surface area contributed by atoms with Crippen molar-refractivity contribution in [3.05, 3.63) is 40.9 Å².